The van der Waals surface area contributed by atoms with Crippen molar-refractivity contribution in [3.8, 4) is 0 Å². The van der Waals surface area contributed by atoms with Crippen LogP contribution in [0.2, 0.25) is 0 Å². The number of thiophene rings is 1. The first kappa shape index (κ1) is 19.1. The van der Waals surface area contributed by atoms with Gasteiger partial charge in [0.2, 0.25) is 5.91 Å². The molecule has 0 aliphatic heterocycles. The maximum atomic E-state index is 12.7. The van der Waals surface area contributed by atoms with E-state index in [1.54, 1.807) is 18.2 Å². The Bertz CT molecular complexity index is 1380. The second-order valence-corrected chi connectivity index (χ2v) is 8.17. The molecule has 29 heavy (non-hydrogen) atoms. The van der Waals surface area contributed by atoms with Crippen molar-refractivity contribution < 1.29 is 9.21 Å². The fourth-order valence-corrected chi connectivity index (χ4v) is 4.26. The van der Waals surface area contributed by atoms with Crippen LogP contribution in [0.4, 0.5) is 5.69 Å². The number of carbonyl (C=O) groups excluding carboxylic acids is 1. The van der Waals surface area contributed by atoms with Gasteiger partial charge in [-0.3, -0.25) is 14.2 Å². The molecule has 0 saturated carbocycles. The molecule has 0 radical (unpaired) electrons. The van der Waals surface area contributed by atoms with E-state index in [-0.39, 0.29) is 24.4 Å². The Hall–Kier alpha value is -3.26. The first-order valence-electron chi connectivity index (χ1n) is 9.13. The molecule has 0 aliphatic carbocycles. The predicted octanol–water partition coefficient (Wildman–Crippen LogP) is 3.52. The van der Waals surface area contributed by atoms with Crippen LogP contribution in [-0.2, 0) is 11.3 Å². The zero-order chi connectivity index (χ0) is 20.7. The van der Waals surface area contributed by atoms with E-state index < -0.39 is 5.63 Å². The van der Waals surface area contributed by atoms with E-state index >= 15 is 0 Å². The van der Waals surface area contributed by atoms with Crippen molar-refractivity contribution in [3.05, 3.63) is 67.4 Å². The second kappa shape index (κ2) is 7.29. The molecule has 7 nitrogen and oxygen atoms in total. The molecule has 0 saturated heterocycles. The lowest BCUT2D eigenvalue weighted by Crippen LogP contribution is -2.23. The molecule has 1 amide bonds. The summed E-state index contributed by atoms with van der Waals surface area (Å²) in [5.41, 5.74) is 2.14. The van der Waals surface area contributed by atoms with Crippen LogP contribution in [0.3, 0.4) is 0 Å². The zero-order valence-corrected chi connectivity index (χ0v) is 17.1. The highest BCUT2D eigenvalue weighted by Crippen LogP contribution is 2.25. The Kier molecular flexibility index (Phi) is 4.79. The fourth-order valence-electron chi connectivity index (χ4n) is 3.28. The summed E-state index contributed by atoms with van der Waals surface area (Å²) in [6.07, 6.45) is 1.60. The monoisotopic (exact) mass is 409 g/mol. The Morgan fingerprint density at radius 3 is 2.79 bits per heavy atom. The summed E-state index contributed by atoms with van der Waals surface area (Å²) in [6.45, 7) is 5.93. The lowest BCUT2D eigenvalue weighted by Gasteiger charge is -2.08. The highest BCUT2D eigenvalue weighted by Gasteiger charge is 2.13. The van der Waals surface area contributed by atoms with Crippen LogP contribution in [0.25, 0.3) is 21.2 Å². The second-order valence-electron chi connectivity index (χ2n) is 6.96. The summed E-state index contributed by atoms with van der Waals surface area (Å²) >= 11 is 1.50. The van der Waals surface area contributed by atoms with E-state index in [0.29, 0.717) is 16.7 Å². The normalized spacial score (nSPS) is 11.3. The van der Waals surface area contributed by atoms with Gasteiger partial charge in [-0.25, -0.2) is 9.78 Å². The number of fused-ring (bicyclic) bond motifs is 2. The van der Waals surface area contributed by atoms with Gasteiger partial charge in [0.1, 0.15) is 10.4 Å². The van der Waals surface area contributed by atoms with Crippen molar-refractivity contribution >= 4 is 44.1 Å². The average Bonchev–Trinajstić information content (AvgIpc) is 2.95. The first-order chi connectivity index (χ1) is 13.8. The van der Waals surface area contributed by atoms with Crippen LogP contribution in [0.5, 0.6) is 0 Å². The van der Waals surface area contributed by atoms with Gasteiger partial charge in [-0.2, -0.15) is 0 Å². The number of anilines is 1. The molecule has 1 aromatic carbocycles. The molecule has 0 aliphatic rings. The van der Waals surface area contributed by atoms with Gasteiger partial charge in [-0.1, -0.05) is 0 Å². The standard InChI is InChI=1S/C21H19N3O4S/c1-11-8-18(26)28-16-9-14(4-5-15(11)16)23-17(25)6-7-24-10-22-20-19(21(24)27)12(2)13(3)29-20/h4-5,8-10H,6-7H2,1-3H3,(H,23,25). The molecule has 0 spiro atoms. The van der Waals surface area contributed by atoms with E-state index in [1.807, 2.05) is 20.8 Å². The van der Waals surface area contributed by atoms with E-state index in [0.717, 1.165) is 26.2 Å². The summed E-state index contributed by atoms with van der Waals surface area (Å²) in [5.74, 6) is -0.246. The highest BCUT2D eigenvalue weighted by atomic mass is 32.1. The van der Waals surface area contributed by atoms with Crippen molar-refractivity contribution in [2.75, 3.05) is 5.32 Å². The molecule has 0 bridgehead atoms. The van der Waals surface area contributed by atoms with Crippen LogP contribution in [0.15, 0.2) is 44.6 Å². The zero-order valence-electron chi connectivity index (χ0n) is 16.2. The molecule has 3 aromatic heterocycles. The first-order valence-corrected chi connectivity index (χ1v) is 9.94. The number of nitrogens with one attached hydrogen (secondary N) is 1. The topological polar surface area (TPSA) is 94.2 Å². The maximum Gasteiger partial charge on any atom is 0.336 e. The van der Waals surface area contributed by atoms with Gasteiger partial charge in [0, 0.05) is 41.0 Å². The molecule has 148 valence electrons. The van der Waals surface area contributed by atoms with E-state index in [2.05, 4.69) is 10.3 Å². The summed E-state index contributed by atoms with van der Waals surface area (Å²) in [7, 11) is 0. The molecular formula is C21H19N3O4S. The molecule has 1 N–H and O–H groups in total. The molecule has 4 aromatic rings. The van der Waals surface area contributed by atoms with E-state index in [1.165, 1.54) is 28.3 Å². The van der Waals surface area contributed by atoms with Crippen LogP contribution in [0.1, 0.15) is 22.4 Å². The number of carbonyl (C=O) groups is 1. The number of aromatic nitrogens is 2. The van der Waals surface area contributed by atoms with Gasteiger partial charge < -0.3 is 9.73 Å². The number of hydrogen-bond donors (Lipinski definition) is 1. The molecule has 0 fully saturated rings. The average molecular weight is 409 g/mol. The Morgan fingerprint density at radius 2 is 2.00 bits per heavy atom. The smallest absolute Gasteiger partial charge is 0.336 e. The number of amides is 1. The van der Waals surface area contributed by atoms with Crippen LogP contribution in [0, 0.1) is 20.8 Å². The Morgan fingerprint density at radius 1 is 1.21 bits per heavy atom. The molecule has 4 rings (SSSR count). The number of benzene rings is 1. The number of nitrogens with zero attached hydrogens (tertiary/aromatic N) is 2. The van der Waals surface area contributed by atoms with Crippen molar-refractivity contribution in [2.24, 2.45) is 0 Å². The van der Waals surface area contributed by atoms with Gasteiger partial charge in [-0.15, -0.1) is 11.3 Å². The van der Waals surface area contributed by atoms with Crippen molar-refractivity contribution in [3.63, 3.8) is 0 Å². The molecule has 0 unspecified atom stereocenters. The van der Waals surface area contributed by atoms with E-state index in [4.69, 9.17) is 4.42 Å². The summed E-state index contributed by atoms with van der Waals surface area (Å²) < 4.78 is 6.67. The predicted molar refractivity (Wildman–Crippen MR) is 114 cm³/mol. The maximum absolute atomic E-state index is 12.7. The molecule has 8 heteroatoms. The largest absolute Gasteiger partial charge is 0.423 e. The third-order valence-electron chi connectivity index (χ3n) is 4.97. The van der Waals surface area contributed by atoms with Gasteiger partial charge in [0.05, 0.1) is 11.7 Å². The van der Waals surface area contributed by atoms with Crippen molar-refractivity contribution in [1.29, 1.82) is 0 Å². The van der Waals surface area contributed by atoms with Gasteiger partial charge in [-0.05, 0) is 44.0 Å². The van der Waals surface area contributed by atoms with Gasteiger partial charge in [0.15, 0.2) is 0 Å². The van der Waals surface area contributed by atoms with Crippen LogP contribution >= 0.6 is 11.3 Å². The minimum atomic E-state index is -0.431. The number of rotatable bonds is 4. The van der Waals surface area contributed by atoms with Gasteiger partial charge in [0.25, 0.3) is 5.56 Å². The lowest BCUT2D eigenvalue weighted by molar-refractivity contribution is -0.116. The van der Waals surface area contributed by atoms with Gasteiger partial charge >= 0.3 is 5.63 Å². The Balaban J connectivity index is 1.51. The minimum absolute atomic E-state index is 0.116. The van der Waals surface area contributed by atoms with Crippen LogP contribution in [-0.4, -0.2) is 15.5 Å². The fraction of sp³-hybridized carbons (Fsp3) is 0.238. The number of hydrogen-bond acceptors (Lipinski definition) is 6. The lowest BCUT2D eigenvalue weighted by atomic mass is 10.1. The third-order valence-corrected chi connectivity index (χ3v) is 6.09. The summed E-state index contributed by atoms with van der Waals surface area (Å²) in [5, 5.41) is 4.22. The minimum Gasteiger partial charge on any atom is -0.423 e. The van der Waals surface area contributed by atoms with Crippen molar-refractivity contribution in [2.45, 2.75) is 33.7 Å². The number of aryl methyl sites for hydroxylation is 4. The Labute approximate surface area is 169 Å². The van der Waals surface area contributed by atoms with Crippen LogP contribution < -0.4 is 16.5 Å². The van der Waals surface area contributed by atoms with E-state index in [9.17, 15) is 14.4 Å². The molecule has 3 heterocycles. The third kappa shape index (κ3) is 3.58. The SMILES string of the molecule is Cc1sc2ncn(CCC(=O)Nc3ccc4c(C)cc(=O)oc4c3)c(=O)c2c1C. The summed E-state index contributed by atoms with van der Waals surface area (Å²) in [6, 6.07) is 6.61. The van der Waals surface area contributed by atoms with Crippen molar-refractivity contribution in [1.82, 2.24) is 9.55 Å². The molecule has 0 atom stereocenters. The highest BCUT2D eigenvalue weighted by molar-refractivity contribution is 7.18. The summed E-state index contributed by atoms with van der Waals surface area (Å²) in [4.78, 5) is 42.8. The molecular weight excluding hydrogens is 390 g/mol. The quantitative estimate of drug-likeness (QED) is 0.521.